The van der Waals surface area contributed by atoms with Crippen LogP contribution in [0.3, 0.4) is 0 Å². The molecular weight excluding hydrogens is 320 g/mol. The summed E-state index contributed by atoms with van der Waals surface area (Å²) >= 11 is 0. The molecule has 0 spiro atoms. The van der Waals surface area contributed by atoms with Gasteiger partial charge in [-0.1, -0.05) is 0 Å². The van der Waals surface area contributed by atoms with E-state index in [0.29, 0.717) is 39.1 Å². The van der Waals surface area contributed by atoms with Crippen LogP contribution in [0.4, 0.5) is 0 Å². The summed E-state index contributed by atoms with van der Waals surface area (Å²) in [6, 6.07) is 1.92. The Morgan fingerprint density at radius 1 is 1.32 bits per heavy atom. The molecule has 1 fully saturated rings. The van der Waals surface area contributed by atoms with Gasteiger partial charge >= 0.3 is 0 Å². The maximum absolute atomic E-state index is 12.3. The highest BCUT2D eigenvalue weighted by Crippen LogP contribution is 2.17. The summed E-state index contributed by atoms with van der Waals surface area (Å²) in [5.74, 6) is 0.000119. The lowest BCUT2D eigenvalue weighted by molar-refractivity contribution is -0.131. The number of nitrogens with zero attached hydrogens (tertiary/aromatic N) is 5. The maximum Gasteiger partial charge on any atom is 0.225 e. The fourth-order valence-electron chi connectivity index (χ4n) is 3.06. The second-order valence-electron chi connectivity index (χ2n) is 6.36. The molecular formula is C17H24N6O2. The first-order valence-electron chi connectivity index (χ1n) is 8.63. The number of aromatic nitrogens is 4. The van der Waals surface area contributed by atoms with Crippen molar-refractivity contribution in [2.75, 3.05) is 19.6 Å². The van der Waals surface area contributed by atoms with Crippen LogP contribution >= 0.6 is 0 Å². The molecule has 8 nitrogen and oxygen atoms in total. The van der Waals surface area contributed by atoms with Crippen molar-refractivity contribution < 1.29 is 9.59 Å². The number of carbonyl (C=O) groups is 2. The topological polar surface area (TPSA) is 85.0 Å². The lowest BCUT2D eigenvalue weighted by atomic mass is 10.1. The summed E-state index contributed by atoms with van der Waals surface area (Å²) in [7, 11) is 0. The molecule has 3 heterocycles. The predicted octanol–water partition coefficient (Wildman–Crippen LogP) is 0.443. The zero-order valence-corrected chi connectivity index (χ0v) is 14.5. The standard InChI is InChI=1S/C17H24N6O2/c1-14-2-5-20-23(14)9-4-16(24)22-8-3-15(12-22)17(25)19-7-11-21-10-6-18-13-21/h2,5-6,10,13,15H,3-4,7-9,11-12H2,1H3,(H,19,25). The molecule has 0 radical (unpaired) electrons. The molecule has 1 N–H and O–H groups in total. The van der Waals surface area contributed by atoms with Crippen molar-refractivity contribution in [3.63, 3.8) is 0 Å². The Kier molecular flexibility index (Phi) is 5.47. The van der Waals surface area contributed by atoms with Gasteiger partial charge in [0.25, 0.3) is 0 Å². The van der Waals surface area contributed by atoms with E-state index in [2.05, 4.69) is 15.4 Å². The molecule has 1 saturated heterocycles. The zero-order chi connectivity index (χ0) is 17.6. The number of likely N-dealkylation sites (tertiary alicyclic amines) is 1. The summed E-state index contributed by atoms with van der Waals surface area (Å²) in [6.07, 6.45) is 8.18. The largest absolute Gasteiger partial charge is 0.354 e. The van der Waals surface area contributed by atoms with Gasteiger partial charge in [-0.3, -0.25) is 14.3 Å². The predicted molar refractivity (Wildman–Crippen MR) is 91.5 cm³/mol. The highest BCUT2D eigenvalue weighted by molar-refractivity contribution is 5.82. The fraction of sp³-hybridized carbons (Fsp3) is 0.529. The number of imidazole rings is 1. The summed E-state index contributed by atoms with van der Waals surface area (Å²) in [6.45, 7) is 4.97. The molecule has 1 aliphatic rings. The van der Waals surface area contributed by atoms with Gasteiger partial charge in [0.05, 0.1) is 12.2 Å². The van der Waals surface area contributed by atoms with Crippen LogP contribution in [0, 0.1) is 12.8 Å². The first kappa shape index (κ1) is 17.2. The molecule has 1 aliphatic heterocycles. The van der Waals surface area contributed by atoms with Crippen LogP contribution in [-0.2, 0) is 22.7 Å². The van der Waals surface area contributed by atoms with E-state index in [0.717, 1.165) is 12.1 Å². The molecule has 0 saturated carbocycles. The lowest BCUT2D eigenvalue weighted by Crippen LogP contribution is -2.36. The number of hydrogen-bond acceptors (Lipinski definition) is 4. The van der Waals surface area contributed by atoms with E-state index >= 15 is 0 Å². The molecule has 2 amide bonds. The second-order valence-corrected chi connectivity index (χ2v) is 6.36. The van der Waals surface area contributed by atoms with Gasteiger partial charge in [-0.25, -0.2) is 4.98 Å². The van der Waals surface area contributed by atoms with Crippen LogP contribution in [0.1, 0.15) is 18.5 Å². The van der Waals surface area contributed by atoms with Gasteiger partial charge in [0.2, 0.25) is 11.8 Å². The van der Waals surface area contributed by atoms with Crippen LogP contribution in [0.2, 0.25) is 0 Å². The van der Waals surface area contributed by atoms with Crippen molar-refractivity contribution in [3.05, 3.63) is 36.7 Å². The number of carbonyl (C=O) groups excluding carboxylic acids is 2. The first-order chi connectivity index (χ1) is 12.1. The minimum Gasteiger partial charge on any atom is -0.354 e. The van der Waals surface area contributed by atoms with E-state index in [9.17, 15) is 9.59 Å². The van der Waals surface area contributed by atoms with Crippen molar-refractivity contribution in [3.8, 4) is 0 Å². The Labute approximate surface area is 146 Å². The summed E-state index contributed by atoms with van der Waals surface area (Å²) in [5, 5.41) is 7.13. The number of aryl methyl sites for hydroxylation is 2. The normalized spacial score (nSPS) is 17.0. The number of hydrogen-bond donors (Lipinski definition) is 1. The van der Waals surface area contributed by atoms with Crippen molar-refractivity contribution in [1.29, 1.82) is 0 Å². The van der Waals surface area contributed by atoms with Crippen LogP contribution < -0.4 is 5.32 Å². The summed E-state index contributed by atoms with van der Waals surface area (Å²) < 4.78 is 3.75. The first-order valence-corrected chi connectivity index (χ1v) is 8.63. The molecule has 3 rings (SSSR count). The van der Waals surface area contributed by atoms with Crippen LogP contribution in [0.15, 0.2) is 31.0 Å². The van der Waals surface area contributed by atoms with Gasteiger partial charge in [-0.2, -0.15) is 5.10 Å². The van der Waals surface area contributed by atoms with Gasteiger partial charge in [0, 0.05) is 63.4 Å². The average molecular weight is 344 g/mol. The van der Waals surface area contributed by atoms with E-state index in [1.165, 1.54) is 0 Å². The van der Waals surface area contributed by atoms with Crippen LogP contribution in [0.5, 0.6) is 0 Å². The zero-order valence-electron chi connectivity index (χ0n) is 14.5. The molecule has 2 aromatic rings. The Morgan fingerprint density at radius 3 is 2.92 bits per heavy atom. The van der Waals surface area contributed by atoms with Crippen LogP contribution in [0.25, 0.3) is 0 Å². The summed E-state index contributed by atoms with van der Waals surface area (Å²) in [4.78, 5) is 30.3. The van der Waals surface area contributed by atoms with Gasteiger partial charge < -0.3 is 14.8 Å². The Hall–Kier alpha value is -2.64. The quantitative estimate of drug-likeness (QED) is 0.790. The van der Waals surface area contributed by atoms with Crippen molar-refractivity contribution in [2.24, 2.45) is 5.92 Å². The SMILES string of the molecule is Cc1ccnn1CCC(=O)N1CCC(C(=O)NCCn2ccnc2)C1. The highest BCUT2D eigenvalue weighted by atomic mass is 16.2. The number of amides is 2. The summed E-state index contributed by atoms with van der Waals surface area (Å²) in [5.41, 5.74) is 1.05. The van der Waals surface area contributed by atoms with Crippen molar-refractivity contribution in [2.45, 2.75) is 32.9 Å². The molecule has 0 aliphatic carbocycles. The fourth-order valence-corrected chi connectivity index (χ4v) is 3.06. The monoisotopic (exact) mass is 344 g/mol. The average Bonchev–Trinajstić information content (AvgIpc) is 3.34. The minimum absolute atomic E-state index is 0.0262. The molecule has 1 atom stereocenters. The van der Waals surface area contributed by atoms with E-state index in [1.807, 2.05) is 28.4 Å². The lowest BCUT2D eigenvalue weighted by Gasteiger charge is -2.17. The molecule has 0 bridgehead atoms. The molecule has 2 aromatic heterocycles. The third kappa shape index (κ3) is 4.46. The third-order valence-corrected chi connectivity index (χ3v) is 4.61. The van der Waals surface area contributed by atoms with Gasteiger partial charge in [0.15, 0.2) is 0 Å². The molecule has 1 unspecified atom stereocenters. The van der Waals surface area contributed by atoms with E-state index in [-0.39, 0.29) is 17.7 Å². The van der Waals surface area contributed by atoms with Crippen LogP contribution in [-0.4, -0.2) is 55.7 Å². The smallest absolute Gasteiger partial charge is 0.225 e. The Balaban J connectivity index is 1.39. The third-order valence-electron chi connectivity index (χ3n) is 4.61. The Morgan fingerprint density at radius 2 is 2.20 bits per heavy atom. The highest BCUT2D eigenvalue weighted by Gasteiger charge is 2.30. The molecule has 25 heavy (non-hydrogen) atoms. The maximum atomic E-state index is 12.3. The Bertz CT molecular complexity index is 709. The second kappa shape index (κ2) is 7.96. The number of nitrogens with one attached hydrogen (secondary N) is 1. The van der Waals surface area contributed by atoms with Gasteiger partial charge in [0.1, 0.15) is 0 Å². The minimum atomic E-state index is -0.113. The van der Waals surface area contributed by atoms with E-state index in [1.54, 1.807) is 23.6 Å². The number of rotatable bonds is 7. The van der Waals surface area contributed by atoms with E-state index in [4.69, 9.17) is 0 Å². The molecule has 0 aromatic carbocycles. The van der Waals surface area contributed by atoms with Gasteiger partial charge in [-0.05, 0) is 19.4 Å². The van der Waals surface area contributed by atoms with Crippen molar-refractivity contribution in [1.82, 2.24) is 29.5 Å². The molecule has 8 heteroatoms. The molecule has 134 valence electrons. The van der Waals surface area contributed by atoms with Crippen molar-refractivity contribution >= 4 is 11.8 Å². The van der Waals surface area contributed by atoms with E-state index < -0.39 is 0 Å². The van der Waals surface area contributed by atoms with Gasteiger partial charge in [-0.15, -0.1) is 0 Å².